The predicted molar refractivity (Wildman–Crippen MR) is 321 cm³/mol. The number of carbonyl (C=O) groups excluding carboxylic acids is 1. The molecular formula is C65H107N2O7P. The summed E-state index contributed by atoms with van der Waals surface area (Å²) in [4.78, 5) is 25.5. The number of nitrogens with one attached hydrogen (secondary N) is 1. The summed E-state index contributed by atoms with van der Waals surface area (Å²) in [6.45, 7) is 4.23. The van der Waals surface area contributed by atoms with Gasteiger partial charge >= 0.3 is 0 Å². The molecule has 0 rings (SSSR count). The first-order valence-electron chi connectivity index (χ1n) is 28.9. The van der Waals surface area contributed by atoms with Gasteiger partial charge in [-0.1, -0.05) is 210 Å². The molecule has 424 valence electrons. The second-order valence-electron chi connectivity index (χ2n) is 20.0. The number of hydrogen-bond acceptors (Lipinski definition) is 7. The molecule has 9 nitrogen and oxygen atoms in total. The molecule has 0 saturated carbocycles. The van der Waals surface area contributed by atoms with Gasteiger partial charge in [-0.15, -0.1) is 0 Å². The number of allylic oxidation sites excluding steroid dienone is 26. The van der Waals surface area contributed by atoms with Crippen LogP contribution in [0, 0.1) is 0 Å². The third-order valence-electron chi connectivity index (χ3n) is 11.8. The minimum atomic E-state index is -4.70. The minimum Gasteiger partial charge on any atom is -0.756 e. The summed E-state index contributed by atoms with van der Waals surface area (Å²) >= 11 is 0. The third-order valence-corrected chi connectivity index (χ3v) is 12.8. The van der Waals surface area contributed by atoms with Gasteiger partial charge in [0, 0.05) is 6.42 Å². The van der Waals surface area contributed by atoms with Gasteiger partial charge in [0.2, 0.25) is 5.91 Å². The Morgan fingerprint density at radius 1 is 0.493 bits per heavy atom. The van der Waals surface area contributed by atoms with E-state index in [4.69, 9.17) is 9.05 Å². The van der Waals surface area contributed by atoms with Gasteiger partial charge < -0.3 is 34.0 Å². The molecule has 0 aromatic rings. The first-order valence-corrected chi connectivity index (χ1v) is 30.4. The molecule has 0 aromatic carbocycles. The molecule has 0 radical (unpaired) electrons. The summed E-state index contributed by atoms with van der Waals surface area (Å²) in [5.41, 5.74) is 0. The number of rotatable bonds is 50. The van der Waals surface area contributed by atoms with E-state index in [1.807, 2.05) is 21.1 Å². The van der Waals surface area contributed by atoms with Crippen molar-refractivity contribution in [3.05, 3.63) is 158 Å². The van der Waals surface area contributed by atoms with E-state index in [2.05, 4.69) is 177 Å². The summed E-state index contributed by atoms with van der Waals surface area (Å²) in [7, 11) is 1.05. The van der Waals surface area contributed by atoms with Gasteiger partial charge in [-0.2, -0.15) is 0 Å². The second-order valence-corrected chi connectivity index (χ2v) is 21.4. The minimum absolute atomic E-state index is 0.0636. The number of carbonyl (C=O) groups is 1. The van der Waals surface area contributed by atoms with Crippen LogP contribution in [0.2, 0.25) is 0 Å². The van der Waals surface area contributed by atoms with E-state index < -0.39 is 32.7 Å². The molecule has 4 atom stereocenters. The standard InChI is InChI=1S/C65H107N2O7P/c1-6-8-10-12-14-16-18-20-21-22-23-24-25-26-27-28-29-30-31-32-33-34-35-36-37-38-39-40-41-42-43-44-45-46-48-50-52-54-56-58-64(69)66-62(61-74-75(71,72)73-60-59-67(3,4)5)65(70)63(68)57-55-53-51-49-47-19-17-15-13-11-9-7-2/h8,10,14,16,20-21,23-24,26-27,29-30,32-33,35-36,38-39,41-42,44-45,48-51,62-63,65,68,70H,6-7,9,11-13,15,17-19,22,25,28,31,34,37,40,43,46-47,52-61H2,1-5H3,(H-,66,69,71,72)/b10-8-,16-14-,21-20-,24-23-,27-26-,30-29-,33-32-,36-35-,39-38-,42-41-,45-44-,50-48-,51-49+. The van der Waals surface area contributed by atoms with E-state index in [9.17, 15) is 24.5 Å². The molecule has 0 fully saturated rings. The van der Waals surface area contributed by atoms with E-state index in [-0.39, 0.29) is 18.9 Å². The summed E-state index contributed by atoms with van der Waals surface area (Å²) in [6.07, 6.45) is 80.4. The normalized spacial score (nSPS) is 15.5. The van der Waals surface area contributed by atoms with E-state index in [0.29, 0.717) is 30.3 Å². The van der Waals surface area contributed by atoms with Crippen LogP contribution in [0.15, 0.2) is 158 Å². The van der Waals surface area contributed by atoms with Crippen LogP contribution in [0.1, 0.15) is 187 Å². The highest BCUT2D eigenvalue weighted by Gasteiger charge is 2.29. The average Bonchev–Trinajstić information content (AvgIpc) is 3.37. The van der Waals surface area contributed by atoms with Gasteiger partial charge in [0.25, 0.3) is 7.82 Å². The Hall–Kier alpha value is -3.92. The molecule has 0 aromatic heterocycles. The van der Waals surface area contributed by atoms with Gasteiger partial charge in [0.15, 0.2) is 0 Å². The number of likely N-dealkylation sites (N-methyl/N-ethyl adjacent to an activating group) is 1. The number of amides is 1. The van der Waals surface area contributed by atoms with E-state index in [0.717, 1.165) is 103 Å². The van der Waals surface area contributed by atoms with Crippen LogP contribution >= 0.6 is 7.82 Å². The van der Waals surface area contributed by atoms with Crippen molar-refractivity contribution < 1.29 is 38.0 Å². The monoisotopic (exact) mass is 1060 g/mol. The van der Waals surface area contributed by atoms with Gasteiger partial charge in [-0.3, -0.25) is 9.36 Å². The molecule has 0 heterocycles. The highest BCUT2D eigenvalue weighted by atomic mass is 31.2. The maximum absolute atomic E-state index is 13.0. The second kappa shape index (κ2) is 53.5. The van der Waals surface area contributed by atoms with Crippen LogP contribution in [0.4, 0.5) is 0 Å². The maximum atomic E-state index is 13.0. The smallest absolute Gasteiger partial charge is 0.268 e. The zero-order chi connectivity index (χ0) is 55.0. The lowest BCUT2D eigenvalue weighted by Gasteiger charge is -2.31. The molecule has 0 spiro atoms. The van der Waals surface area contributed by atoms with Crippen LogP contribution in [-0.4, -0.2) is 79.8 Å². The van der Waals surface area contributed by atoms with E-state index >= 15 is 0 Å². The maximum Gasteiger partial charge on any atom is 0.268 e. The molecular weight excluding hydrogens is 952 g/mol. The van der Waals surface area contributed by atoms with Crippen LogP contribution in [-0.2, 0) is 18.4 Å². The SMILES string of the molecule is CC/C=C\C/C=C\C/C=C\C/C=C\C/C=C\C/C=C\C/C=C\C/C=C\C/C=C\C/C=C\C/C=C\C/C=C\CCCCC(=O)NC(COP(=O)([O-])OCC[N+](C)(C)C)C(O)C(O)CCC/C=C/CCCCCCCCC. The first kappa shape index (κ1) is 71.1. The molecule has 1 amide bonds. The van der Waals surface area contributed by atoms with Gasteiger partial charge in [-0.05, 0) is 128 Å². The van der Waals surface area contributed by atoms with Crippen molar-refractivity contribution in [1.29, 1.82) is 0 Å². The van der Waals surface area contributed by atoms with Crippen molar-refractivity contribution >= 4 is 13.7 Å². The lowest BCUT2D eigenvalue weighted by Crippen LogP contribution is -2.51. The Kier molecular flexibility index (Phi) is 50.7. The molecule has 75 heavy (non-hydrogen) atoms. The molecule has 0 bridgehead atoms. The topological polar surface area (TPSA) is 128 Å². The molecule has 4 unspecified atom stereocenters. The van der Waals surface area contributed by atoms with Crippen molar-refractivity contribution in [2.75, 3.05) is 40.9 Å². The first-order chi connectivity index (χ1) is 36.4. The van der Waals surface area contributed by atoms with Crippen molar-refractivity contribution in [2.45, 2.75) is 205 Å². The van der Waals surface area contributed by atoms with Crippen LogP contribution in [0.3, 0.4) is 0 Å². The zero-order valence-electron chi connectivity index (χ0n) is 47.8. The molecule has 0 aliphatic rings. The van der Waals surface area contributed by atoms with Crippen molar-refractivity contribution in [1.82, 2.24) is 5.32 Å². The Morgan fingerprint density at radius 2 is 0.840 bits per heavy atom. The molecule has 0 saturated heterocycles. The highest BCUT2D eigenvalue weighted by molar-refractivity contribution is 7.45. The molecule has 3 N–H and O–H groups in total. The highest BCUT2D eigenvalue weighted by Crippen LogP contribution is 2.38. The van der Waals surface area contributed by atoms with Crippen molar-refractivity contribution in [3.63, 3.8) is 0 Å². The number of aliphatic hydroxyl groups is 2. The number of hydrogen-bond donors (Lipinski definition) is 3. The summed E-state index contributed by atoms with van der Waals surface area (Å²) in [5, 5.41) is 24.6. The Bertz CT molecular complexity index is 1790. The Morgan fingerprint density at radius 3 is 1.24 bits per heavy atom. The summed E-state index contributed by atoms with van der Waals surface area (Å²) in [6, 6.07) is -1.13. The zero-order valence-corrected chi connectivity index (χ0v) is 48.7. The average molecular weight is 1060 g/mol. The van der Waals surface area contributed by atoms with E-state index in [1.54, 1.807) is 0 Å². The number of aliphatic hydroxyl groups excluding tert-OH is 2. The van der Waals surface area contributed by atoms with Crippen molar-refractivity contribution in [3.8, 4) is 0 Å². The number of phosphoric acid groups is 1. The van der Waals surface area contributed by atoms with Crippen molar-refractivity contribution in [2.24, 2.45) is 0 Å². The Balaban J connectivity index is 4.33. The van der Waals surface area contributed by atoms with Gasteiger partial charge in [0.1, 0.15) is 19.3 Å². The van der Waals surface area contributed by atoms with Crippen LogP contribution in [0.25, 0.3) is 0 Å². The fourth-order valence-corrected chi connectivity index (χ4v) is 8.02. The lowest BCUT2D eigenvalue weighted by molar-refractivity contribution is -0.870. The molecule has 10 heteroatoms. The fraction of sp³-hybridized carbons (Fsp3) is 0.585. The van der Waals surface area contributed by atoms with Crippen LogP contribution in [0.5, 0.6) is 0 Å². The van der Waals surface area contributed by atoms with Gasteiger partial charge in [0.05, 0.1) is 39.9 Å². The third kappa shape index (κ3) is 54.7. The van der Waals surface area contributed by atoms with Crippen LogP contribution < -0.4 is 10.2 Å². The van der Waals surface area contributed by atoms with E-state index in [1.165, 1.54) is 44.9 Å². The largest absolute Gasteiger partial charge is 0.756 e. The molecule has 0 aliphatic carbocycles. The quantitative estimate of drug-likeness (QED) is 0.0240. The number of unbranched alkanes of at least 4 members (excludes halogenated alkanes) is 10. The summed E-state index contributed by atoms with van der Waals surface area (Å²) in [5.74, 6) is -0.338. The number of phosphoric ester groups is 1. The molecule has 0 aliphatic heterocycles. The fourth-order valence-electron chi connectivity index (χ4n) is 7.29. The number of quaternary nitrogens is 1. The predicted octanol–water partition coefficient (Wildman–Crippen LogP) is 16.2. The van der Waals surface area contributed by atoms with Gasteiger partial charge in [-0.25, -0.2) is 0 Å². The number of nitrogens with zero attached hydrogens (tertiary/aromatic N) is 1. The Labute approximate surface area is 459 Å². The summed E-state index contributed by atoms with van der Waals surface area (Å²) < 4.78 is 23.2. The lowest BCUT2D eigenvalue weighted by atomic mass is 10.0.